The van der Waals surface area contributed by atoms with Gasteiger partial charge in [-0.05, 0) is 38.5 Å². The monoisotopic (exact) mass is 410 g/mol. The molecule has 2 N–H and O–H groups in total. The molecule has 0 aliphatic carbocycles. The summed E-state index contributed by atoms with van der Waals surface area (Å²) < 4.78 is 10.8. The topological polar surface area (TPSA) is 117 Å². The number of benzene rings is 1. The second-order valence-corrected chi connectivity index (χ2v) is 7.12. The number of hydrogen-bond acceptors (Lipinski definition) is 8. The summed E-state index contributed by atoms with van der Waals surface area (Å²) in [6.45, 7) is 5.23. The number of rotatable bonds is 6. The number of aryl methyl sites for hydroxylation is 2. The van der Waals surface area contributed by atoms with Gasteiger partial charge in [0, 0.05) is 34.8 Å². The Morgan fingerprint density at radius 2 is 2.17 bits per heavy atom. The van der Waals surface area contributed by atoms with Crippen molar-refractivity contribution in [3.63, 3.8) is 0 Å². The zero-order chi connectivity index (χ0) is 21.0. The number of allylic oxidation sites excluding steroid dienone is 1. The van der Waals surface area contributed by atoms with E-state index in [1.807, 2.05) is 25.3 Å². The van der Waals surface area contributed by atoms with Gasteiger partial charge >= 0.3 is 5.63 Å². The molecule has 3 rings (SSSR count). The quantitative estimate of drug-likeness (QED) is 0.364. The van der Waals surface area contributed by atoms with Crippen molar-refractivity contribution in [1.82, 2.24) is 15.8 Å². The summed E-state index contributed by atoms with van der Waals surface area (Å²) in [5.74, 6) is -0.0555. The standard InChI is InChI=1S/C20H18N4O4S/c1-11-6-18(25)28-17-7-15(4-5-16(11)17)27-13(3)19(26)24-22-9-14(8-21)20-23-12(2)10-29-20/h4-7,9-10,13,22H,1-3H3,(H,24,26)/b14-9+/t13-/m1/s1. The molecule has 0 fully saturated rings. The van der Waals surface area contributed by atoms with Gasteiger partial charge in [0.1, 0.15) is 28.0 Å². The highest BCUT2D eigenvalue weighted by Crippen LogP contribution is 2.23. The minimum absolute atomic E-state index is 0.303. The van der Waals surface area contributed by atoms with Crippen LogP contribution in [0.15, 0.2) is 45.1 Å². The summed E-state index contributed by atoms with van der Waals surface area (Å²) in [5.41, 5.74) is 6.92. The smallest absolute Gasteiger partial charge is 0.336 e. The Morgan fingerprint density at radius 1 is 1.38 bits per heavy atom. The van der Waals surface area contributed by atoms with Crippen LogP contribution in [0, 0.1) is 25.2 Å². The Bertz CT molecular complexity index is 1190. The van der Waals surface area contributed by atoms with Gasteiger partial charge in [0.25, 0.3) is 5.91 Å². The highest BCUT2D eigenvalue weighted by atomic mass is 32.1. The van der Waals surface area contributed by atoms with Crippen molar-refractivity contribution in [3.8, 4) is 11.8 Å². The van der Waals surface area contributed by atoms with Crippen LogP contribution < -0.4 is 21.2 Å². The summed E-state index contributed by atoms with van der Waals surface area (Å²) in [4.78, 5) is 28.0. The van der Waals surface area contributed by atoms with Gasteiger partial charge in [0.15, 0.2) is 6.10 Å². The molecule has 29 heavy (non-hydrogen) atoms. The fourth-order valence-corrected chi connectivity index (χ4v) is 3.30. The lowest BCUT2D eigenvalue weighted by Crippen LogP contribution is -2.42. The maximum Gasteiger partial charge on any atom is 0.336 e. The van der Waals surface area contributed by atoms with Crippen molar-refractivity contribution < 1.29 is 13.9 Å². The number of aromatic nitrogens is 1. The average molecular weight is 410 g/mol. The first-order valence-corrected chi connectivity index (χ1v) is 9.54. The second kappa shape index (κ2) is 8.58. The molecule has 0 radical (unpaired) electrons. The van der Waals surface area contributed by atoms with Crippen LogP contribution in [0.3, 0.4) is 0 Å². The van der Waals surface area contributed by atoms with Crippen molar-refractivity contribution in [2.75, 3.05) is 0 Å². The summed E-state index contributed by atoms with van der Waals surface area (Å²) in [6, 6.07) is 8.48. The maximum absolute atomic E-state index is 12.2. The maximum atomic E-state index is 12.2. The molecular formula is C20H18N4O4S. The molecule has 2 heterocycles. The number of nitriles is 1. The third-order valence-electron chi connectivity index (χ3n) is 3.99. The highest BCUT2D eigenvalue weighted by Gasteiger charge is 2.15. The number of carbonyl (C=O) groups is 1. The van der Waals surface area contributed by atoms with Crippen molar-refractivity contribution >= 4 is 33.8 Å². The fourth-order valence-electron chi connectivity index (χ4n) is 2.54. The van der Waals surface area contributed by atoms with Gasteiger partial charge in [0.05, 0.1) is 0 Å². The lowest BCUT2D eigenvalue weighted by Gasteiger charge is -2.15. The molecule has 0 bridgehead atoms. The number of hydrogen-bond donors (Lipinski definition) is 2. The van der Waals surface area contributed by atoms with E-state index >= 15 is 0 Å². The number of amides is 1. The number of nitrogens with zero attached hydrogens (tertiary/aromatic N) is 2. The van der Waals surface area contributed by atoms with E-state index in [1.165, 1.54) is 23.6 Å². The lowest BCUT2D eigenvalue weighted by atomic mass is 10.1. The van der Waals surface area contributed by atoms with Gasteiger partial charge in [-0.15, -0.1) is 11.3 Å². The van der Waals surface area contributed by atoms with E-state index in [0.29, 0.717) is 21.9 Å². The zero-order valence-corrected chi connectivity index (χ0v) is 16.8. The molecule has 0 aliphatic rings. The molecule has 3 aromatic rings. The molecule has 0 saturated carbocycles. The number of carbonyl (C=O) groups excluding carboxylic acids is 1. The SMILES string of the molecule is Cc1csc(/C(C#N)=C/NNC(=O)[C@@H](C)Oc2ccc3c(C)cc(=O)oc3c2)n1. The predicted molar refractivity (Wildman–Crippen MR) is 109 cm³/mol. The number of thiazole rings is 1. The summed E-state index contributed by atoms with van der Waals surface area (Å²) in [5, 5.41) is 12.4. The van der Waals surface area contributed by atoms with E-state index in [-0.39, 0.29) is 0 Å². The zero-order valence-electron chi connectivity index (χ0n) is 16.0. The van der Waals surface area contributed by atoms with E-state index in [4.69, 9.17) is 9.15 Å². The van der Waals surface area contributed by atoms with Crippen molar-refractivity contribution in [3.05, 3.63) is 62.5 Å². The molecule has 0 aliphatic heterocycles. The molecule has 9 heteroatoms. The molecule has 148 valence electrons. The molecule has 1 aromatic carbocycles. The van der Waals surface area contributed by atoms with Crippen LogP contribution in [-0.4, -0.2) is 17.0 Å². The second-order valence-electron chi connectivity index (χ2n) is 6.26. The van der Waals surface area contributed by atoms with E-state index in [0.717, 1.165) is 16.6 Å². The normalized spacial score (nSPS) is 12.3. The number of nitrogens with one attached hydrogen (secondary N) is 2. The van der Waals surface area contributed by atoms with Crippen LogP contribution in [0.2, 0.25) is 0 Å². The molecule has 1 amide bonds. The summed E-state index contributed by atoms with van der Waals surface area (Å²) >= 11 is 1.34. The van der Waals surface area contributed by atoms with Gasteiger partial charge in [-0.25, -0.2) is 9.78 Å². The third kappa shape index (κ3) is 4.80. The van der Waals surface area contributed by atoms with E-state index in [2.05, 4.69) is 15.8 Å². The molecule has 2 aromatic heterocycles. The Morgan fingerprint density at radius 3 is 2.86 bits per heavy atom. The molecule has 0 unspecified atom stereocenters. The van der Waals surface area contributed by atoms with Gasteiger partial charge in [0.2, 0.25) is 0 Å². The summed E-state index contributed by atoms with van der Waals surface area (Å²) in [6.07, 6.45) is 0.536. The Kier molecular flexibility index (Phi) is 5.95. The fraction of sp³-hybridized carbons (Fsp3) is 0.200. The Labute approximate surface area is 170 Å². The molecule has 1 atom stereocenters. The third-order valence-corrected chi connectivity index (χ3v) is 4.98. The Balaban J connectivity index is 1.63. The number of ether oxygens (including phenoxy) is 1. The first kappa shape index (κ1) is 20.1. The van der Waals surface area contributed by atoms with E-state index < -0.39 is 17.6 Å². The minimum Gasteiger partial charge on any atom is -0.481 e. The van der Waals surface area contributed by atoms with E-state index in [1.54, 1.807) is 25.1 Å². The molecule has 0 spiro atoms. The number of hydrazine groups is 1. The van der Waals surface area contributed by atoms with Crippen LogP contribution in [0.1, 0.15) is 23.2 Å². The first-order chi connectivity index (χ1) is 13.9. The Hall–Kier alpha value is -3.64. The highest BCUT2D eigenvalue weighted by molar-refractivity contribution is 7.10. The van der Waals surface area contributed by atoms with Crippen molar-refractivity contribution in [2.45, 2.75) is 26.9 Å². The van der Waals surface area contributed by atoms with Gasteiger partial charge in [-0.3, -0.25) is 10.2 Å². The van der Waals surface area contributed by atoms with Crippen molar-refractivity contribution in [1.29, 1.82) is 5.26 Å². The van der Waals surface area contributed by atoms with Crippen LogP contribution in [-0.2, 0) is 4.79 Å². The summed E-state index contributed by atoms with van der Waals surface area (Å²) in [7, 11) is 0. The average Bonchev–Trinajstić information content (AvgIpc) is 3.10. The minimum atomic E-state index is -0.836. The largest absolute Gasteiger partial charge is 0.481 e. The van der Waals surface area contributed by atoms with Gasteiger partial charge < -0.3 is 14.6 Å². The number of fused-ring (bicyclic) bond motifs is 1. The van der Waals surface area contributed by atoms with Gasteiger partial charge in [-0.1, -0.05) is 0 Å². The lowest BCUT2D eigenvalue weighted by molar-refractivity contribution is -0.128. The molecular weight excluding hydrogens is 392 g/mol. The van der Waals surface area contributed by atoms with Crippen molar-refractivity contribution in [2.24, 2.45) is 0 Å². The van der Waals surface area contributed by atoms with Crippen LogP contribution in [0.5, 0.6) is 5.75 Å². The predicted octanol–water partition coefficient (Wildman–Crippen LogP) is 2.82. The van der Waals surface area contributed by atoms with E-state index in [9.17, 15) is 14.9 Å². The molecule has 8 nitrogen and oxygen atoms in total. The molecule has 0 saturated heterocycles. The van der Waals surface area contributed by atoms with Crippen LogP contribution in [0.4, 0.5) is 0 Å². The van der Waals surface area contributed by atoms with Gasteiger partial charge in [-0.2, -0.15) is 5.26 Å². The van der Waals surface area contributed by atoms with Crippen LogP contribution in [0.25, 0.3) is 16.5 Å². The van der Waals surface area contributed by atoms with Crippen LogP contribution >= 0.6 is 11.3 Å². The first-order valence-electron chi connectivity index (χ1n) is 8.66.